The molecule has 9 nitrogen and oxygen atoms in total. The Labute approximate surface area is 196 Å². The number of ether oxygens (including phenoxy) is 3. The molecule has 4 rings (SSSR count). The Balaban J connectivity index is 1.78. The molecule has 0 unspecified atom stereocenters. The predicted octanol–water partition coefficient (Wildman–Crippen LogP) is 3.44. The Morgan fingerprint density at radius 1 is 1.27 bits per heavy atom. The normalized spacial score (nSPS) is 17.8. The molecule has 2 aromatic heterocycles. The molecular weight excluding hydrogens is 444 g/mol. The summed E-state index contributed by atoms with van der Waals surface area (Å²) in [6, 6.07) is 5.44. The second-order valence-electron chi connectivity index (χ2n) is 7.97. The topological polar surface area (TPSA) is 98.4 Å². The van der Waals surface area contributed by atoms with Crippen molar-refractivity contribution in [2.45, 2.75) is 39.2 Å². The third kappa shape index (κ3) is 4.49. The molecule has 0 spiro atoms. The first-order valence-corrected chi connectivity index (χ1v) is 12.0. The van der Waals surface area contributed by atoms with E-state index in [0.717, 1.165) is 29.8 Å². The quantitative estimate of drug-likeness (QED) is 0.496. The first-order chi connectivity index (χ1) is 16.0. The lowest BCUT2D eigenvalue weighted by atomic mass is 9.94. The number of nitrogens with zero attached hydrogens (tertiary/aromatic N) is 4. The van der Waals surface area contributed by atoms with Gasteiger partial charge in [0.25, 0.3) is 0 Å². The van der Waals surface area contributed by atoms with E-state index in [4.69, 9.17) is 14.2 Å². The van der Waals surface area contributed by atoms with Crippen LogP contribution in [0.2, 0.25) is 0 Å². The van der Waals surface area contributed by atoms with Gasteiger partial charge in [0.2, 0.25) is 10.8 Å². The zero-order valence-corrected chi connectivity index (χ0v) is 20.2. The Hall–Kier alpha value is -2.85. The first kappa shape index (κ1) is 23.3. The third-order valence-corrected chi connectivity index (χ3v) is 7.04. The molecule has 0 amide bonds. The number of carbonyl (C=O) groups excluding carboxylic acids is 1. The lowest BCUT2D eigenvalue weighted by molar-refractivity contribution is -0.150. The zero-order chi connectivity index (χ0) is 23.5. The van der Waals surface area contributed by atoms with Crippen LogP contribution in [0.3, 0.4) is 0 Å². The average molecular weight is 475 g/mol. The SMILES string of the molecule is CCOC(=O)[C@H]1CCCN([C@@H](c2ccc(OC)c(OC)c2)c2sc3nc(CC)nn3c2O)C1. The maximum atomic E-state index is 12.5. The number of aromatic nitrogens is 3. The number of piperidine rings is 1. The van der Waals surface area contributed by atoms with Gasteiger partial charge < -0.3 is 19.3 Å². The highest BCUT2D eigenvalue weighted by molar-refractivity contribution is 7.17. The summed E-state index contributed by atoms with van der Waals surface area (Å²) in [7, 11) is 3.20. The maximum absolute atomic E-state index is 12.5. The molecule has 10 heteroatoms. The van der Waals surface area contributed by atoms with Crippen LogP contribution in [0.5, 0.6) is 17.4 Å². The Morgan fingerprint density at radius 3 is 2.73 bits per heavy atom. The fourth-order valence-corrected chi connectivity index (χ4v) is 5.50. The second kappa shape index (κ2) is 9.96. The van der Waals surface area contributed by atoms with Crippen molar-refractivity contribution in [3.8, 4) is 17.4 Å². The zero-order valence-electron chi connectivity index (χ0n) is 19.4. The summed E-state index contributed by atoms with van der Waals surface area (Å²) in [6.07, 6.45) is 2.33. The smallest absolute Gasteiger partial charge is 0.310 e. The van der Waals surface area contributed by atoms with Gasteiger partial charge in [-0.2, -0.15) is 4.52 Å². The minimum Gasteiger partial charge on any atom is -0.493 e. The first-order valence-electron chi connectivity index (χ1n) is 11.2. The number of likely N-dealkylation sites (tertiary alicyclic amines) is 1. The molecule has 33 heavy (non-hydrogen) atoms. The van der Waals surface area contributed by atoms with E-state index in [-0.39, 0.29) is 23.8 Å². The van der Waals surface area contributed by atoms with Crippen molar-refractivity contribution in [2.75, 3.05) is 33.9 Å². The largest absolute Gasteiger partial charge is 0.493 e. The summed E-state index contributed by atoms with van der Waals surface area (Å²) in [5, 5.41) is 15.6. The number of hydrogen-bond acceptors (Lipinski definition) is 9. The highest BCUT2D eigenvalue weighted by Gasteiger charge is 2.35. The highest BCUT2D eigenvalue weighted by atomic mass is 32.1. The number of hydrogen-bond donors (Lipinski definition) is 1. The molecule has 1 fully saturated rings. The van der Waals surface area contributed by atoms with E-state index < -0.39 is 0 Å². The van der Waals surface area contributed by atoms with E-state index in [1.807, 2.05) is 32.0 Å². The molecule has 178 valence electrons. The van der Waals surface area contributed by atoms with Crippen LogP contribution in [0.1, 0.15) is 49.0 Å². The van der Waals surface area contributed by atoms with Crippen molar-refractivity contribution in [1.29, 1.82) is 0 Å². The van der Waals surface area contributed by atoms with Crippen LogP contribution in [0, 0.1) is 5.92 Å². The van der Waals surface area contributed by atoms with Crippen molar-refractivity contribution >= 4 is 22.3 Å². The minimum absolute atomic E-state index is 0.0697. The van der Waals surface area contributed by atoms with Gasteiger partial charge in [-0.15, -0.1) is 5.10 Å². The van der Waals surface area contributed by atoms with Crippen LogP contribution < -0.4 is 9.47 Å². The molecule has 1 aliphatic heterocycles. The van der Waals surface area contributed by atoms with Crippen LogP contribution >= 0.6 is 11.3 Å². The van der Waals surface area contributed by atoms with Gasteiger partial charge in [0.05, 0.1) is 37.7 Å². The second-order valence-corrected chi connectivity index (χ2v) is 8.98. The van der Waals surface area contributed by atoms with E-state index in [0.29, 0.717) is 41.9 Å². The number of rotatable bonds is 8. The number of methoxy groups -OCH3 is 2. The fourth-order valence-electron chi connectivity index (χ4n) is 4.36. The number of aromatic hydroxyl groups is 1. The molecular formula is C23H30N4O5S. The average Bonchev–Trinajstić information content (AvgIpc) is 3.38. The summed E-state index contributed by atoms with van der Waals surface area (Å²) in [6.45, 7) is 5.48. The number of esters is 1. The Bertz CT molecular complexity index is 1130. The summed E-state index contributed by atoms with van der Waals surface area (Å²) in [4.78, 5) is 20.6. The predicted molar refractivity (Wildman–Crippen MR) is 124 cm³/mol. The van der Waals surface area contributed by atoms with Gasteiger partial charge in [-0.25, -0.2) is 4.98 Å². The minimum atomic E-state index is -0.305. The van der Waals surface area contributed by atoms with Crippen LogP contribution in [-0.2, 0) is 16.0 Å². The standard InChI is InChI=1S/C23H30N4O5S/c1-5-18-24-23-27(25-18)21(28)20(33-23)19(14-9-10-16(30-3)17(12-14)31-4)26-11-7-8-15(13-26)22(29)32-6-2/h9-10,12,15,19,28H,5-8,11,13H2,1-4H3/t15-,19-/m0/s1. The van der Waals surface area contributed by atoms with Gasteiger partial charge >= 0.3 is 5.97 Å². The third-order valence-electron chi connectivity index (χ3n) is 5.97. The molecule has 3 heterocycles. The van der Waals surface area contributed by atoms with Crippen LogP contribution in [0.4, 0.5) is 0 Å². The molecule has 0 radical (unpaired) electrons. The monoisotopic (exact) mass is 474 g/mol. The fraction of sp³-hybridized carbons (Fsp3) is 0.522. The van der Waals surface area contributed by atoms with Gasteiger partial charge in [0.15, 0.2) is 17.3 Å². The summed E-state index contributed by atoms with van der Waals surface area (Å²) in [5.41, 5.74) is 0.924. The van der Waals surface area contributed by atoms with Gasteiger partial charge in [0.1, 0.15) is 0 Å². The number of carbonyl (C=O) groups is 1. The van der Waals surface area contributed by atoms with Gasteiger partial charge in [-0.3, -0.25) is 9.69 Å². The van der Waals surface area contributed by atoms with Crippen molar-refractivity contribution in [3.63, 3.8) is 0 Å². The number of aryl methyl sites for hydroxylation is 1. The lowest BCUT2D eigenvalue weighted by Crippen LogP contribution is -2.41. The Kier molecular flexibility index (Phi) is 7.04. The number of benzene rings is 1. The molecule has 3 aromatic rings. The van der Waals surface area contributed by atoms with E-state index in [1.54, 1.807) is 14.2 Å². The molecule has 0 saturated carbocycles. The Morgan fingerprint density at radius 2 is 2.06 bits per heavy atom. The van der Waals surface area contributed by atoms with Crippen LogP contribution in [0.15, 0.2) is 18.2 Å². The van der Waals surface area contributed by atoms with E-state index in [1.165, 1.54) is 15.9 Å². The molecule has 1 aliphatic rings. The van der Waals surface area contributed by atoms with Crippen molar-refractivity contribution < 1.29 is 24.1 Å². The summed E-state index contributed by atoms with van der Waals surface area (Å²) in [5.74, 6) is 1.60. The highest BCUT2D eigenvalue weighted by Crippen LogP contribution is 2.43. The van der Waals surface area contributed by atoms with E-state index in [2.05, 4.69) is 15.0 Å². The molecule has 1 aromatic carbocycles. The van der Waals surface area contributed by atoms with Crippen molar-refractivity contribution in [1.82, 2.24) is 19.5 Å². The van der Waals surface area contributed by atoms with Crippen LogP contribution in [0.25, 0.3) is 4.96 Å². The lowest BCUT2D eigenvalue weighted by Gasteiger charge is -2.37. The molecule has 2 atom stereocenters. The molecule has 0 bridgehead atoms. The molecule has 1 N–H and O–H groups in total. The summed E-state index contributed by atoms with van der Waals surface area (Å²) < 4.78 is 17.7. The van der Waals surface area contributed by atoms with Gasteiger partial charge in [-0.05, 0) is 44.0 Å². The summed E-state index contributed by atoms with van der Waals surface area (Å²) >= 11 is 1.41. The number of thiazole rings is 1. The maximum Gasteiger partial charge on any atom is 0.310 e. The molecule has 1 saturated heterocycles. The number of fused-ring (bicyclic) bond motifs is 1. The van der Waals surface area contributed by atoms with Crippen molar-refractivity contribution in [3.05, 3.63) is 34.5 Å². The van der Waals surface area contributed by atoms with Gasteiger partial charge in [-0.1, -0.05) is 24.3 Å². The van der Waals surface area contributed by atoms with Crippen LogP contribution in [-0.4, -0.2) is 64.5 Å². The van der Waals surface area contributed by atoms with Gasteiger partial charge in [0, 0.05) is 13.0 Å². The van der Waals surface area contributed by atoms with Crippen molar-refractivity contribution in [2.24, 2.45) is 5.92 Å². The molecule has 0 aliphatic carbocycles. The van der Waals surface area contributed by atoms with E-state index in [9.17, 15) is 9.90 Å². The van der Waals surface area contributed by atoms with E-state index >= 15 is 0 Å².